The fraction of sp³-hybridized carbons (Fsp3) is 0.630. The first kappa shape index (κ1) is 27.9. The summed E-state index contributed by atoms with van der Waals surface area (Å²) >= 11 is 6.60. The van der Waals surface area contributed by atoms with Gasteiger partial charge in [0.2, 0.25) is 5.95 Å². The van der Waals surface area contributed by atoms with E-state index in [1.807, 2.05) is 10.8 Å². The van der Waals surface area contributed by atoms with Crippen LogP contribution in [0.15, 0.2) is 12.4 Å². The van der Waals surface area contributed by atoms with Crippen LogP contribution in [0.25, 0.3) is 11.0 Å². The number of rotatable bonds is 11. The van der Waals surface area contributed by atoms with Gasteiger partial charge >= 0.3 is 0 Å². The van der Waals surface area contributed by atoms with Gasteiger partial charge in [0.05, 0.1) is 35.0 Å². The maximum Gasteiger partial charge on any atom is 0.231 e. The lowest BCUT2D eigenvalue weighted by Gasteiger charge is -2.23. The largest absolute Gasteiger partial charge is 0.389 e. The Morgan fingerprint density at radius 2 is 2.10 bits per heavy atom. The molecule has 210 valence electrons. The molecule has 10 nitrogen and oxygen atoms in total. The van der Waals surface area contributed by atoms with Gasteiger partial charge in [-0.1, -0.05) is 38.2 Å². The summed E-state index contributed by atoms with van der Waals surface area (Å²) < 4.78 is 9.50. The molecule has 1 aliphatic heterocycles. The number of hydrogen-bond acceptors (Lipinski definition) is 8. The molecule has 12 heteroatoms. The van der Waals surface area contributed by atoms with E-state index < -0.39 is 13.7 Å². The standard InChI is InChI=1S/C27H39ClN8O2Si/c1-7-27-10-19(27)14-34(16-27)23-21-18(11-29)13-35(17-38-8-9-39(4,5)6)24(21)33-25(32-23)31-20-12-30-36(22(20)28)15-26(2,3)37/h12-13,19,37H,7-10,14-17H2,1-6H3,(H,31,32,33). The molecule has 0 radical (unpaired) electrons. The maximum absolute atomic E-state index is 10.2. The van der Waals surface area contributed by atoms with Gasteiger partial charge in [-0.3, -0.25) is 0 Å². The van der Waals surface area contributed by atoms with Crippen molar-refractivity contribution in [3.63, 3.8) is 0 Å². The average Bonchev–Trinajstić information content (AvgIpc) is 3.10. The molecule has 0 amide bonds. The lowest BCUT2D eigenvalue weighted by Crippen LogP contribution is -2.26. The second-order valence-corrected chi connectivity index (χ2v) is 19.0. The fourth-order valence-corrected chi connectivity index (χ4v) is 6.48. The van der Waals surface area contributed by atoms with Crippen molar-refractivity contribution in [2.75, 3.05) is 29.9 Å². The zero-order chi connectivity index (χ0) is 28.2. The highest BCUT2D eigenvalue weighted by atomic mass is 35.5. The summed E-state index contributed by atoms with van der Waals surface area (Å²) in [4.78, 5) is 12.1. The van der Waals surface area contributed by atoms with Gasteiger partial charge in [0.25, 0.3) is 0 Å². The lowest BCUT2D eigenvalue weighted by atomic mass is 10.0. The summed E-state index contributed by atoms with van der Waals surface area (Å²) in [5, 5.41) is 29.0. The summed E-state index contributed by atoms with van der Waals surface area (Å²) in [6, 6.07) is 3.42. The Labute approximate surface area is 235 Å². The minimum atomic E-state index is -1.23. The van der Waals surface area contributed by atoms with Gasteiger partial charge in [0.1, 0.15) is 18.6 Å². The summed E-state index contributed by atoms with van der Waals surface area (Å²) in [6.07, 6.45) is 5.83. The molecule has 2 aliphatic rings. The van der Waals surface area contributed by atoms with E-state index in [4.69, 9.17) is 26.3 Å². The Morgan fingerprint density at radius 1 is 1.33 bits per heavy atom. The van der Waals surface area contributed by atoms with Crippen LogP contribution in [-0.4, -0.2) is 62.8 Å². The maximum atomic E-state index is 10.2. The van der Waals surface area contributed by atoms with Gasteiger partial charge in [0, 0.05) is 34.0 Å². The summed E-state index contributed by atoms with van der Waals surface area (Å²) in [7, 11) is -1.23. The predicted molar refractivity (Wildman–Crippen MR) is 156 cm³/mol. The van der Waals surface area contributed by atoms with Crippen LogP contribution < -0.4 is 10.2 Å². The second-order valence-electron chi connectivity index (χ2n) is 13.0. The van der Waals surface area contributed by atoms with Crippen molar-refractivity contribution in [1.29, 1.82) is 5.26 Å². The molecule has 1 saturated carbocycles. The quantitative estimate of drug-likeness (QED) is 0.238. The Morgan fingerprint density at radius 3 is 2.74 bits per heavy atom. The minimum Gasteiger partial charge on any atom is -0.389 e. The van der Waals surface area contributed by atoms with Crippen molar-refractivity contribution in [3.8, 4) is 6.07 Å². The van der Waals surface area contributed by atoms with Crippen LogP contribution in [0, 0.1) is 22.7 Å². The smallest absolute Gasteiger partial charge is 0.231 e. The number of halogens is 1. The number of nitriles is 1. The molecule has 2 unspecified atom stereocenters. The van der Waals surface area contributed by atoms with Crippen LogP contribution in [0.3, 0.4) is 0 Å². The molecule has 0 bridgehead atoms. The first-order valence-corrected chi connectivity index (χ1v) is 17.8. The highest BCUT2D eigenvalue weighted by molar-refractivity contribution is 6.76. The topological polar surface area (TPSA) is 117 Å². The molecule has 5 rings (SSSR count). The van der Waals surface area contributed by atoms with E-state index in [0.29, 0.717) is 52.7 Å². The van der Waals surface area contributed by atoms with E-state index in [9.17, 15) is 10.4 Å². The Bertz CT molecular complexity index is 1410. The van der Waals surface area contributed by atoms with Crippen molar-refractivity contribution < 1.29 is 9.84 Å². The molecular weight excluding hydrogens is 532 g/mol. The van der Waals surface area contributed by atoms with E-state index in [1.165, 1.54) is 6.42 Å². The number of aromatic nitrogens is 5. The SMILES string of the molecule is CCC12CC1CN(c1nc(Nc3cnn(CC(C)(C)O)c3Cl)nc3c1c(C#N)cn3COCC[Si](C)(C)C)C2. The first-order chi connectivity index (χ1) is 18.3. The van der Waals surface area contributed by atoms with E-state index in [2.05, 4.69) is 47.9 Å². The Balaban J connectivity index is 1.51. The van der Waals surface area contributed by atoms with Crippen molar-refractivity contribution in [1.82, 2.24) is 24.3 Å². The number of piperidine rings is 1. The van der Waals surface area contributed by atoms with E-state index >= 15 is 0 Å². The zero-order valence-electron chi connectivity index (χ0n) is 23.8. The van der Waals surface area contributed by atoms with Crippen molar-refractivity contribution >= 4 is 48.2 Å². The highest BCUT2D eigenvalue weighted by Crippen LogP contribution is 2.60. The first-order valence-electron chi connectivity index (χ1n) is 13.7. The number of anilines is 3. The number of nitrogens with one attached hydrogen (secondary N) is 1. The third-order valence-electron chi connectivity index (χ3n) is 7.91. The molecule has 39 heavy (non-hydrogen) atoms. The van der Waals surface area contributed by atoms with Crippen LogP contribution in [0.1, 0.15) is 39.2 Å². The van der Waals surface area contributed by atoms with E-state index in [0.717, 1.165) is 36.8 Å². The van der Waals surface area contributed by atoms with Gasteiger partial charge in [-0.05, 0) is 44.1 Å². The predicted octanol–water partition coefficient (Wildman–Crippen LogP) is 5.22. The molecule has 3 aromatic rings. The molecule has 0 spiro atoms. The normalized spacial score (nSPS) is 20.9. The Hall–Kier alpha value is -2.65. The molecule has 1 saturated heterocycles. The summed E-state index contributed by atoms with van der Waals surface area (Å²) in [5.41, 5.74) is 1.12. The molecule has 1 aliphatic carbocycles. The average molecular weight is 571 g/mol. The van der Waals surface area contributed by atoms with Gasteiger partial charge in [-0.2, -0.15) is 20.3 Å². The number of ether oxygens (including phenoxy) is 1. The Kier molecular flexibility index (Phi) is 7.20. The molecule has 2 atom stereocenters. The fourth-order valence-electron chi connectivity index (χ4n) is 5.53. The van der Waals surface area contributed by atoms with Gasteiger partial charge in [-0.25, -0.2) is 4.68 Å². The van der Waals surface area contributed by atoms with Crippen molar-refractivity contribution in [2.24, 2.45) is 11.3 Å². The summed E-state index contributed by atoms with van der Waals surface area (Å²) in [5.74, 6) is 1.80. The van der Waals surface area contributed by atoms with Crippen LogP contribution in [0.2, 0.25) is 30.8 Å². The van der Waals surface area contributed by atoms with Gasteiger partial charge < -0.3 is 24.6 Å². The molecule has 0 aromatic carbocycles. The van der Waals surface area contributed by atoms with E-state index in [1.54, 1.807) is 24.7 Å². The number of hydrogen-bond donors (Lipinski definition) is 2. The molecule has 3 aromatic heterocycles. The second kappa shape index (κ2) is 10.1. The molecule has 2 fully saturated rings. The molecule has 4 heterocycles. The van der Waals surface area contributed by atoms with E-state index in [-0.39, 0.29) is 6.54 Å². The third kappa shape index (κ3) is 5.80. The third-order valence-corrected chi connectivity index (χ3v) is 10.0. The van der Waals surface area contributed by atoms with Crippen LogP contribution in [-0.2, 0) is 18.0 Å². The number of fused-ring (bicyclic) bond motifs is 2. The molecular formula is C27H39ClN8O2Si. The molecule has 2 N–H and O–H groups in total. The number of aliphatic hydroxyl groups is 1. The zero-order valence-corrected chi connectivity index (χ0v) is 25.5. The lowest BCUT2D eigenvalue weighted by molar-refractivity contribution is 0.0578. The van der Waals surface area contributed by atoms with Gasteiger partial charge in [-0.15, -0.1) is 0 Å². The number of nitrogens with zero attached hydrogens (tertiary/aromatic N) is 7. The van der Waals surface area contributed by atoms with Crippen LogP contribution in [0.5, 0.6) is 0 Å². The summed E-state index contributed by atoms with van der Waals surface area (Å²) in [6.45, 7) is 15.7. The van der Waals surface area contributed by atoms with Crippen LogP contribution >= 0.6 is 11.6 Å². The van der Waals surface area contributed by atoms with Gasteiger partial charge in [0.15, 0.2) is 10.8 Å². The monoisotopic (exact) mass is 570 g/mol. The van der Waals surface area contributed by atoms with Crippen molar-refractivity contribution in [3.05, 3.63) is 23.1 Å². The highest BCUT2D eigenvalue weighted by Gasteiger charge is 2.58. The van der Waals surface area contributed by atoms with Crippen molar-refractivity contribution in [2.45, 2.75) is 78.2 Å². The van der Waals surface area contributed by atoms with Crippen LogP contribution in [0.4, 0.5) is 17.5 Å². The minimum absolute atomic E-state index is 0.246.